The quantitative estimate of drug-likeness (QED) is 0.631. The van der Waals surface area contributed by atoms with Gasteiger partial charge in [0.05, 0.1) is 0 Å². The summed E-state index contributed by atoms with van der Waals surface area (Å²) in [5, 5.41) is 0. The Labute approximate surface area is 84.9 Å². The van der Waals surface area contributed by atoms with Gasteiger partial charge in [-0.05, 0) is 13.3 Å². The Morgan fingerprint density at radius 3 is 2.77 bits per heavy atom. The highest BCUT2D eigenvalue weighted by Crippen LogP contribution is 2.19. The van der Waals surface area contributed by atoms with Crippen molar-refractivity contribution in [2.24, 2.45) is 0 Å². The molecule has 1 atom stereocenters. The Bertz CT molecular complexity index is 226. The van der Waals surface area contributed by atoms with Crippen LogP contribution in [0.15, 0.2) is 23.8 Å². The van der Waals surface area contributed by atoms with E-state index in [0.717, 1.165) is 0 Å². The highest BCUT2D eigenvalue weighted by atomic mass is 32.2. The van der Waals surface area contributed by atoms with Crippen LogP contribution >= 0.6 is 11.8 Å². The maximum absolute atomic E-state index is 2.61. The molecule has 72 valence electrons. The van der Waals surface area contributed by atoms with E-state index in [0.29, 0.717) is 6.04 Å². The van der Waals surface area contributed by atoms with E-state index in [9.17, 15) is 0 Å². The molecule has 0 spiro atoms. The molecule has 0 N–H and O–H groups in total. The Hall–Kier alpha value is -0.210. The standard InChI is InChI=1S/C11H17NS/c1-10-2-4-11(5-3-10)12-6-8-13-9-7-12/h2-4,11H,5-9H2,1H3. The van der Waals surface area contributed by atoms with Crippen molar-refractivity contribution >= 4 is 11.8 Å². The van der Waals surface area contributed by atoms with Gasteiger partial charge >= 0.3 is 0 Å². The third kappa shape index (κ3) is 2.38. The van der Waals surface area contributed by atoms with Crippen molar-refractivity contribution in [3.8, 4) is 0 Å². The van der Waals surface area contributed by atoms with E-state index < -0.39 is 0 Å². The number of thioether (sulfide) groups is 1. The largest absolute Gasteiger partial charge is 0.295 e. The number of hydrogen-bond donors (Lipinski definition) is 0. The molecule has 0 radical (unpaired) electrons. The molecule has 1 saturated heterocycles. The van der Waals surface area contributed by atoms with Crippen LogP contribution in [0.25, 0.3) is 0 Å². The fraction of sp³-hybridized carbons (Fsp3) is 0.636. The molecule has 1 fully saturated rings. The van der Waals surface area contributed by atoms with Crippen LogP contribution in [0.5, 0.6) is 0 Å². The van der Waals surface area contributed by atoms with Gasteiger partial charge in [0, 0.05) is 30.6 Å². The average molecular weight is 195 g/mol. The Kier molecular flexibility index (Phi) is 3.12. The van der Waals surface area contributed by atoms with E-state index in [1.165, 1.54) is 36.6 Å². The first-order chi connectivity index (χ1) is 6.36. The van der Waals surface area contributed by atoms with Crippen molar-refractivity contribution in [3.63, 3.8) is 0 Å². The van der Waals surface area contributed by atoms with E-state index in [1.807, 2.05) is 0 Å². The first-order valence-electron chi connectivity index (χ1n) is 5.03. The maximum Gasteiger partial charge on any atom is 0.0316 e. The second kappa shape index (κ2) is 4.34. The fourth-order valence-corrected chi connectivity index (χ4v) is 2.83. The molecular weight excluding hydrogens is 178 g/mol. The van der Waals surface area contributed by atoms with Crippen molar-refractivity contribution in [1.82, 2.24) is 4.90 Å². The van der Waals surface area contributed by atoms with Gasteiger partial charge < -0.3 is 0 Å². The van der Waals surface area contributed by atoms with Crippen LogP contribution in [0.1, 0.15) is 13.3 Å². The molecule has 1 aliphatic carbocycles. The van der Waals surface area contributed by atoms with Crippen LogP contribution in [0.2, 0.25) is 0 Å². The first kappa shape index (κ1) is 9.35. The number of nitrogens with zero attached hydrogens (tertiary/aromatic N) is 1. The van der Waals surface area contributed by atoms with E-state index in [4.69, 9.17) is 0 Å². The van der Waals surface area contributed by atoms with Gasteiger partial charge in [0.25, 0.3) is 0 Å². The van der Waals surface area contributed by atoms with Crippen molar-refractivity contribution in [3.05, 3.63) is 23.8 Å². The monoisotopic (exact) mass is 195 g/mol. The highest BCUT2D eigenvalue weighted by Gasteiger charge is 2.18. The second-order valence-electron chi connectivity index (χ2n) is 3.76. The van der Waals surface area contributed by atoms with Crippen LogP contribution in [-0.4, -0.2) is 35.5 Å². The molecule has 2 heteroatoms. The predicted octanol–water partition coefficient (Wildman–Crippen LogP) is 2.31. The van der Waals surface area contributed by atoms with Gasteiger partial charge in [0.1, 0.15) is 0 Å². The molecule has 0 amide bonds. The summed E-state index contributed by atoms with van der Waals surface area (Å²) in [5.74, 6) is 2.63. The Morgan fingerprint density at radius 1 is 1.38 bits per heavy atom. The summed E-state index contributed by atoms with van der Waals surface area (Å²) in [5.41, 5.74) is 1.42. The molecule has 2 aliphatic rings. The number of hydrogen-bond acceptors (Lipinski definition) is 2. The lowest BCUT2D eigenvalue weighted by atomic mass is 10.0. The number of allylic oxidation sites excluding steroid dienone is 2. The maximum atomic E-state index is 2.61. The van der Waals surface area contributed by atoms with Gasteiger partial charge in [-0.25, -0.2) is 0 Å². The molecule has 1 aliphatic heterocycles. The molecule has 2 rings (SSSR count). The second-order valence-corrected chi connectivity index (χ2v) is 4.98. The molecular formula is C11H17NS. The van der Waals surface area contributed by atoms with Crippen LogP contribution in [-0.2, 0) is 0 Å². The smallest absolute Gasteiger partial charge is 0.0316 e. The normalized spacial score (nSPS) is 30.2. The molecule has 0 aromatic carbocycles. The van der Waals surface area contributed by atoms with Crippen molar-refractivity contribution in [2.45, 2.75) is 19.4 Å². The minimum atomic E-state index is 0.685. The molecule has 1 unspecified atom stereocenters. The lowest BCUT2D eigenvalue weighted by molar-refractivity contribution is 0.252. The molecule has 0 bridgehead atoms. The topological polar surface area (TPSA) is 3.24 Å². The number of rotatable bonds is 1. The van der Waals surface area contributed by atoms with Crippen LogP contribution in [0.3, 0.4) is 0 Å². The van der Waals surface area contributed by atoms with E-state index in [2.05, 4.69) is 41.8 Å². The van der Waals surface area contributed by atoms with Crippen LogP contribution in [0.4, 0.5) is 0 Å². The molecule has 0 saturated carbocycles. The van der Waals surface area contributed by atoms with Gasteiger partial charge in [-0.2, -0.15) is 11.8 Å². The Morgan fingerprint density at radius 2 is 2.15 bits per heavy atom. The zero-order chi connectivity index (χ0) is 9.10. The van der Waals surface area contributed by atoms with Gasteiger partial charge in [-0.3, -0.25) is 4.90 Å². The van der Waals surface area contributed by atoms with Gasteiger partial charge in [-0.15, -0.1) is 0 Å². The highest BCUT2D eigenvalue weighted by molar-refractivity contribution is 7.99. The predicted molar refractivity (Wildman–Crippen MR) is 60.2 cm³/mol. The van der Waals surface area contributed by atoms with E-state index >= 15 is 0 Å². The van der Waals surface area contributed by atoms with E-state index in [-0.39, 0.29) is 0 Å². The first-order valence-corrected chi connectivity index (χ1v) is 6.18. The third-order valence-corrected chi connectivity index (χ3v) is 3.72. The SMILES string of the molecule is CC1=CCC(N2CCSCC2)C=C1. The molecule has 13 heavy (non-hydrogen) atoms. The lowest BCUT2D eigenvalue weighted by Gasteiger charge is -2.33. The summed E-state index contributed by atoms with van der Waals surface area (Å²) in [6, 6.07) is 0.685. The van der Waals surface area contributed by atoms with Gasteiger partial charge in [0.15, 0.2) is 0 Å². The minimum absolute atomic E-state index is 0.685. The fourth-order valence-electron chi connectivity index (χ4n) is 1.90. The zero-order valence-electron chi connectivity index (χ0n) is 8.20. The minimum Gasteiger partial charge on any atom is -0.295 e. The average Bonchev–Trinajstić information content (AvgIpc) is 2.20. The summed E-state index contributed by atoms with van der Waals surface area (Å²) >= 11 is 2.08. The lowest BCUT2D eigenvalue weighted by Crippen LogP contribution is -2.40. The summed E-state index contributed by atoms with van der Waals surface area (Å²) in [4.78, 5) is 2.61. The summed E-state index contributed by atoms with van der Waals surface area (Å²) < 4.78 is 0. The van der Waals surface area contributed by atoms with Crippen LogP contribution in [0, 0.1) is 0 Å². The molecule has 1 nitrogen and oxygen atoms in total. The van der Waals surface area contributed by atoms with E-state index in [1.54, 1.807) is 0 Å². The van der Waals surface area contributed by atoms with Crippen molar-refractivity contribution in [2.75, 3.05) is 24.6 Å². The van der Waals surface area contributed by atoms with Crippen LogP contribution < -0.4 is 0 Å². The summed E-state index contributed by atoms with van der Waals surface area (Å²) in [6.07, 6.45) is 8.20. The molecule has 0 aromatic heterocycles. The summed E-state index contributed by atoms with van der Waals surface area (Å²) in [7, 11) is 0. The van der Waals surface area contributed by atoms with Gasteiger partial charge in [-0.1, -0.05) is 23.8 Å². The third-order valence-electron chi connectivity index (χ3n) is 2.78. The van der Waals surface area contributed by atoms with Gasteiger partial charge in [0.2, 0.25) is 0 Å². The van der Waals surface area contributed by atoms with Crippen molar-refractivity contribution < 1.29 is 0 Å². The zero-order valence-corrected chi connectivity index (χ0v) is 9.02. The Balaban J connectivity index is 1.91. The van der Waals surface area contributed by atoms with Crippen molar-refractivity contribution in [1.29, 1.82) is 0 Å². The summed E-state index contributed by atoms with van der Waals surface area (Å²) in [6.45, 7) is 4.72. The molecule has 0 aromatic rings. The molecule has 1 heterocycles.